The van der Waals surface area contributed by atoms with Gasteiger partial charge in [-0.05, 0) is 59.4 Å². The van der Waals surface area contributed by atoms with Crippen molar-refractivity contribution in [1.29, 1.82) is 0 Å². The van der Waals surface area contributed by atoms with E-state index >= 15 is 0 Å². The molecule has 4 nitrogen and oxygen atoms in total. The molecule has 1 heterocycles. The zero-order chi connectivity index (χ0) is 21.5. The Kier molecular flexibility index (Phi) is 7.15. The van der Waals surface area contributed by atoms with Gasteiger partial charge in [-0.15, -0.1) is 11.3 Å². The first-order valence-electron chi connectivity index (χ1n) is 10.9. The van der Waals surface area contributed by atoms with Gasteiger partial charge in [0.15, 0.2) is 0 Å². The summed E-state index contributed by atoms with van der Waals surface area (Å²) in [5.41, 5.74) is 4.94. The van der Waals surface area contributed by atoms with Gasteiger partial charge in [0, 0.05) is 17.8 Å². The first-order valence-corrected chi connectivity index (χ1v) is 11.8. The van der Waals surface area contributed by atoms with Crippen LogP contribution in [-0.4, -0.2) is 18.4 Å². The molecule has 1 aromatic heterocycles. The topological polar surface area (TPSA) is 58.2 Å². The van der Waals surface area contributed by atoms with Crippen LogP contribution in [0, 0.1) is 0 Å². The van der Waals surface area contributed by atoms with Crippen LogP contribution in [0.4, 0.5) is 0 Å². The molecule has 2 N–H and O–H groups in total. The van der Waals surface area contributed by atoms with Crippen molar-refractivity contribution in [1.82, 2.24) is 10.6 Å². The van der Waals surface area contributed by atoms with E-state index in [2.05, 4.69) is 34.9 Å². The largest absolute Gasteiger partial charge is 0.355 e. The Morgan fingerprint density at radius 3 is 2.48 bits per heavy atom. The molecule has 2 aromatic carbocycles. The predicted octanol–water partition coefficient (Wildman–Crippen LogP) is 4.58. The van der Waals surface area contributed by atoms with Crippen molar-refractivity contribution in [3.63, 3.8) is 0 Å². The standard InChI is InChI=1S/C26H28N2O2S/c29-24(14-15-27-25(30)17-19-7-2-1-3-8-19)28-26(23-11-6-16-31-23)22-13-12-20-9-4-5-10-21(20)18-22/h1-3,6-8,11-13,16,18,26H,4-5,9-10,14-15,17H2,(H,27,30)(H,28,29). The van der Waals surface area contributed by atoms with Crippen LogP contribution in [0.15, 0.2) is 66.0 Å². The highest BCUT2D eigenvalue weighted by Gasteiger charge is 2.20. The average molecular weight is 433 g/mol. The molecular weight excluding hydrogens is 404 g/mol. The van der Waals surface area contributed by atoms with Crippen LogP contribution >= 0.6 is 11.3 Å². The second-order valence-corrected chi connectivity index (χ2v) is 8.99. The van der Waals surface area contributed by atoms with E-state index in [-0.39, 0.29) is 24.3 Å². The number of rotatable bonds is 8. The number of benzene rings is 2. The molecule has 0 fully saturated rings. The summed E-state index contributed by atoms with van der Waals surface area (Å²) in [4.78, 5) is 25.9. The molecule has 1 atom stereocenters. The lowest BCUT2D eigenvalue weighted by Gasteiger charge is -2.22. The van der Waals surface area contributed by atoms with Crippen molar-refractivity contribution >= 4 is 23.2 Å². The maximum atomic E-state index is 12.7. The normalized spacial score (nSPS) is 13.8. The molecule has 0 aliphatic heterocycles. The predicted molar refractivity (Wildman–Crippen MR) is 125 cm³/mol. The Morgan fingerprint density at radius 2 is 1.71 bits per heavy atom. The SMILES string of the molecule is O=C(Cc1ccccc1)NCCC(=O)NC(c1ccc2c(c1)CCCC2)c1cccs1. The van der Waals surface area contributed by atoms with E-state index in [1.54, 1.807) is 11.3 Å². The summed E-state index contributed by atoms with van der Waals surface area (Å²) >= 11 is 1.65. The number of nitrogens with one attached hydrogen (secondary N) is 2. The van der Waals surface area contributed by atoms with E-state index in [0.717, 1.165) is 28.8 Å². The Hall–Kier alpha value is -2.92. The summed E-state index contributed by atoms with van der Waals surface area (Å²) in [6, 6.07) is 20.2. The van der Waals surface area contributed by atoms with Crippen molar-refractivity contribution in [2.24, 2.45) is 0 Å². The van der Waals surface area contributed by atoms with Crippen molar-refractivity contribution in [3.05, 3.63) is 93.2 Å². The number of aryl methyl sites for hydroxylation is 2. The molecule has 4 rings (SSSR count). The van der Waals surface area contributed by atoms with Gasteiger partial charge in [-0.25, -0.2) is 0 Å². The lowest BCUT2D eigenvalue weighted by molar-refractivity contribution is -0.122. The first kappa shape index (κ1) is 21.3. The third-order valence-corrected chi connectivity index (χ3v) is 6.66. The molecule has 0 saturated heterocycles. The third-order valence-electron chi connectivity index (χ3n) is 5.72. The molecule has 5 heteroatoms. The molecular formula is C26H28N2O2S. The van der Waals surface area contributed by atoms with Gasteiger partial charge < -0.3 is 10.6 Å². The summed E-state index contributed by atoms with van der Waals surface area (Å²) in [5, 5.41) is 8.08. The summed E-state index contributed by atoms with van der Waals surface area (Å²) in [6.45, 7) is 0.332. The van der Waals surface area contributed by atoms with Gasteiger partial charge in [0.2, 0.25) is 11.8 Å². The third kappa shape index (κ3) is 5.82. The molecule has 1 unspecified atom stereocenters. The number of amides is 2. The number of hydrogen-bond donors (Lipinski definition) is 2. The van der Waals surface area contributed by atoms with Crippen LogP contribution in [0.2, 0.25) is 0 Å². The van der Waals surface area contributed by atoms with Gasteiger partial charge in [0.1, 0.15) is 0 Å². The van der Waals surface area contributed by atoms with Crippen molar-refractivity contribution in [2.75, 3.05) is 6.54 Å². The number of carbonyl (C=O) groups excluding carboxylic acids is 2. The lowest BCUT2D eigenvalue weighted by Crippen LogP contribution is -2.33. The second kappa shape index (κ2) is 10.4. The van der Waals surface area contributed by atoms with Gasteiger partial charge in [-0.1, -0.05) is 54.6 Å². The highest BCUT2D eigenvalue weighted by atomic mass is 32.1. The summed E-state index contributed by atoms with van der Waals surface area (Å²) in [5.74, 6) is -0.125. The quantitative estimate of drug-likeness (QED) is 0.547. The molecule has 1 aliphatic carbocycles. The minimum atomic E-state index is -0.153. The lowest BCUT2D eigenvalue weighted by atomic mass is 9.89. The molecule has 0 saturated carbocycles. The summed E-state index contributed by atoms with van der Waals surface area (Å²) < 4.78 is 0. The van der Waals surface area contributed by atoms with Crippen molar-refractivity contribution in [2.45, 2.75) is 44.6 Å². The Labute approximate surface area is 187 Å². The Morgan fingerprint density at radius 1 is 0.903 bits per heavy atom. The number of carbonyl (C=O) groups is 2. The molecule has 1 aliphatic rings. The highest BCUT2D eigenvalue weighted by Crippen LogP contribution is 2.30. The maximum absolute atomic E-state index is 12.7. The molecule has 160 valence electrons. The minimum absolute atomic E-state index is 0.0591. The number of hydrogen-bond acceptors (Lipinski definition) is 3. The van der Waals surface area contributed by atoms with E-state index in [1.807, 2.05) is 41.8 Å². The molecule has 3 aromatic rings. The fraction of sp³-hybridized carbons (Fsp3) is 0.308. The fourth-order valence-electron chi connectivity index (χ4n) is 4.10. The average Bonchev–Trinajstić information content (AvgIpc) is 3.32. The fourth-order valence-corrected chi connectivity index (χ4v) is 4.90. The molecule has 0 spiro atoms. The second-order valence-electron chi connectivity index (χ2n) is 8.01. The van der Waals surface area contributed by atoms with Gasteiger partial charge >= 0.3 is 0 Å². The summed E-state index contributed by atoms with van der Waals surface area (Å²) in [6.07, 6.45) is 5.33. The van der Waals surface area contributed by atoms with Gasteiger partial charge in [0.05, 0.1) is 12.5 Å². The van der Waals surface area contributed by atoms with E-state index in [1.165, 1.54) is 24.0 Å². The van der Waals surface area contributed by atoms with Crippen LogP contribution in [-0.2, 0) is 28.9 Å². The van der Waals surface area contributed by atoms with E-state index < -0.39 is 0 Å². The van der Waals surface area contributed by atoms with Crippen LogP contribution in [0.25, 0.3) is 0 Å². The minimum Gasteiger partial charge on any atom is -0.355 e. The van der Waals surface area contributed by atoms with Crippen molar-refractivity contribution < 1.29 is 9.59 Å². The number of fused-ring (bicyclic) bond motifs is 1. The molecule has 0 radical (unpaired) electrons. The molecule has 2 amide bonds. The first-order chi connectivity index (χ1) is 15.2. The number of thiophene rings is 1. The van der Waals surface area contributed by atoms with Gasteiger partial charge in [0.25, 0.3) is 0 Å². The zero-order valence-corrected chi connectivity index (χ0v) is 18.4. The Balaban J connectivity index is 1.35. The van der Waals surface area contributed by atoms with E-state index in [0.29, 0.717) is 13.0 Å². The van der Waals surface area contributed by atoms with Gasteiger partial charge in [-0.3, -0.25) is 9.59 Å². The smallest absolute Gasteiger partial charge is 0.224 e. The van der Waals surface area contributed by atoms with E-state index in [4.69, 9.17) is 0 Å². The van der Waals surface area contributed by atoms with E-state index in [9.17, 15) is 9.59 Å². The maximum Gasteiger partial charge on any atom is 0.224 e. The van der Waals surface area contributed by atoms with Crippen LogP contribution < -0.4 is 10.6 Å². The Bertz CT molecular complexity index is 1020. The monoisotopic (exact) mass is 432 g/mol. The molecule has 31 heavy (non-hydrogen) atoms. The zero-order valence-electron chi connectivity index (χ0n) is 17.6. The highest BCUT2D eigenvalue weighted by molar-refractivity contribution is 7.10. The van der Waals surface area contributed by atoms with Crippen LogP contribution in [0.3, 0.4) is 0 Å². The van der Waals surface area contributed by atoms with Crippen LogP contribution in [0.1, 0.15) is 52.4 Å². The summed E-state index contributed by atoms with van der Waals surface area (Å²) in [7, 11) is 0. The van der Waals surface area contributed by atoms with Gasteiger partial charge in [-0.2, -0.15) is 0 Å². The van der Waals surface area contributed by atoms with Crippen LogP contribution in [0.5, 0.6) is 0 Å². The van der Waals surface area contributed by atoms with Crippen molar-refractivity contribution in [3.8, 4) is 0 Å². The molecule has 0 bridgehead atoms.